The number of anilines is 1. The number of hydrogen-bond donors (Lipinski definition) is 2. The van der Waals surface area contributed by atoms with Crippen molar-refractivity contribution < 1.29 is 9.32 Å². The van der Waals surface area contributed by atoms with Crippen LogP contribution in [0.5, 0.6) is 0 Å². The zero-order chi connectivity index (χ0) is 17.1. The number of carbonyl (C=O) groups excluding carboxylic acids is 1. The van der Waals surface area contributed by atoms with Crippen molar-refractivity contribution in [2.45, 2.75) is 33.6 Å². The normalized spacial score (nSPS) is 12.0. The first kappa shape index (κ1) is 16.8. The molecule has 2 aromatic heterocycles. The number of aryl methyl sites for hydroxylation is 4. The molecule has 23 heavy (non-hydrogen) atoms. The Morgan fingerprint density at radius 2 is 2.09 bits per heavy atom. The Bertz CT molecular complexity index is 757. The average molecular weight is 318 g/mol. The lowest BCUT2D eigenvalue weighted by Gasteiger charge is -2.14. The molecule has 124 valence electrons. The molecule has 0 fully saturated rings. The molecule has 2 aromatic rings. The molecule has 0 spiro atoms. The van der Waals surface area contributed by atoms with E-state index in [-0.39, 0.29) is 17.5 Å². The van der Waals surface area contributed by atoms with Gasteiger partial charge in [0.1, 0.15) is 5.76 Å². The highest BCUT2D eigenvalue weighted by Gasteiger charge is 2.17. The predicted molar refractivity (Wildman–Crippen MR) is 87.8 cm³/mol. The van der Waals surface area contributed by atoms with Gasteiger partial charge in [0.25, 0.3) is 5.56 Å². The lowest BCUT2D eigenvalue weighted by molar-refractivity contribution is 0.251. The predicted octanol–water partition coefficient (Wildman–Crippen LogP) is 2.22. The first-order valence-electron chi connectivity index (χ1n) is 7.44. The van der Waals surface area contributed by atoms with Crippen LogP contribution in [0.15, 0.2) is 21.6 Å². The summed E-state index contributed by atoms with van der Waals surface area (Å²) in [6.45, 7) is 7.99. The number of nitrogens with one attached hydrogen (secondary N) is 2. The summed E-state index contributed by atoms with van der Waals surface area (Å²) in [6, 6.07) is 1.17. The molecule has 0 aliphatic rings. The summed E-state index contributed by atoms with van der Waals surface area (Å²) in [5.41, 5.74) is 3.08. The van der Waals surface area contributed by atoms with Crippen molar-refractivity contribution in [1.29, 1.82) is 0 Å². The van der Waals surface area contributed by atoms with Crippen LogP contribution in [0.3, 0.4) is 0 Å². The van der Waals surface area contributed by atoms with E-state index in [1.807, 2.05) is 20.8 Å². The number of aromatic nitrogens is 2. The Labute approximate surface area is 134 Å². The summed E-state index contributed by atoms with van der Waals surface area (Å²) in [5, 5.41) is 9.51. The Kier molecular flexibility index (Phi) is 4.88. The topological polar surface area (TPSA) is 89.2 Å². The Hall–Kier alpha value is -2.57. The fourth-order valence-corrected chi connectivity index (χ4v) is 2.56. The monoisotopic (exact) mass is 318 g/mol. The summed E-state index contributed by atoms with van der Waals surface area (Å²) in [7, 11) is 1.64. The van der Waals surface area contributed by atoms with Crippen LogP contribution < -0.4 is 16.2 Å². The van der Waals surface area contributed by atoms with Gasteiger partial charge in [0, 0.05) is 37.3 Å². The molecule has 0 bridgehead atoms. The first-order valence-corrected chi connectivity index (χ1v) is 7.44. The van der Waals surface area contributed by atoms with E-state index in [4.69, 9.17) is 4.52 Å². The van der Waals surface area contributed by atoms with Crippen LogP contribution in [0.1, 0.15) is 35.4 Å². The molecule has 7 heteroatoms. The third kappa shape index (κ3) is 3.80. The number of amides is 2. The Balaban J connectivity index is 1.98. The molecular weight excluding hydrogens is 296 g/mol. The van der Waals surface area contributed by atoms with Crippen molar-refractivity contribution in [3.63, 3.8) is 0 Å². The largest absolute Gasteiger partial charge is 0.361 e. The quantitative estimate of drug-likeness (QED) is 0.904. The zero-order valence-corrected chi connectivity index (χ0v) is 14.1. The third-order valence-electron chi connectivity index (χ3n) is 3.83. The SMILES string of the molecule is Cc1cc(=O)n(C)cc1NC(=O)NCC(C)c1c(C)noc1C. The van der Waals surface area contributed by atoms with E-state index in [0.717, 1.165) is 22.6 Å². The molecule has 0 aliphatic heterocycles. The van der Waals surface area contributed by atoms with Crippen LogP contribution in [-0.2, 0) is 7.05 Å². The van der Waals surface area contributed by atoms with Gasteiger partial charge in [0.15, 0.2) is 0 Å². The molecule has 2 heterocycles. The Morgan fingerprint density at radius 3 is 2.70 bits per heavy atom. The minimum absolute atomic E-state index is 0.0909. The van der Waals surface area contributed by atoms with Gasteiger partial charge in [-0.3, -0.25) is 4.79 Å². The summed E-state index contributed by atoms with van der Waals surface area (Å²) in [5.74, 6) is 0.860. The molecule has 0 saturated heterocycles. The summed E-state index contributed by atoms with van der Waals surface area (Å²) >= 11 is 0. The maximum absolute atomic E-state index is 12.1. The van der Waals surface area contributed by atoms with E-state index in [1.165, 1.54) is 10.6 Å². The maximum atomic E-state index is 12.1. The van der Waals surface area contributed by atoms with Gasteiger partial charge in [0.05, 0.1) is 11.4 Å². The van der Waals surface area contributed by atoms with Crippen LogP contribution >= 0.6 is 0 Å². The van der Waals surface area contributed by atoms with Gasteiger partial charge < -0.3 is 19.7 Å². The van der Waals surface area contributed by atoms with E-state index in [1.54, 1.807) is 20.2 Å². The van der Waals surface area contributed by atoms with E-state index in [2.05, 4.69) is 15.8 Å². The van der Waals surface area contributed by atoms with Gasteiger partial charge in [0.2, 0.25) is 0 Å². The molecule has 1 atom stereocenters. The van der Waals surface area contributed by atoms with Gasteiger partial charge in [-0.1, -0.05) is 12.1 Å². The molecule has 1 unspecified atom stereocenters. The number of carbonyl (C=O) groups is 1. The zero-order valence-electron chi connectivity index (χ0n) is 14.1. The minimum Gasteiger partial charge on any atom is -0.361 e. The lowest BCUT2D eigenvalue weighted by atomic mass is 10.00. The first-order chi connectivity index (χ1) is 10.8. The molecule has 2 rings (SSSR count). The summed E-state index contributed by atoms with van der Waals surface area (Å²) in [6.07, 6.45) is 1.61. The van der Waals surface area contributed by atoms with Crippen LogP contribution in [0.4, 0.5) is 10.5 Å². The fourth-order valence-electron chi connectivity index (χ4n) is 2.56. The highest BCUT2D eigenvalue weighted by atomic mass is 16.5. The van der Waals surface area contributed by atoms with Crippen LogP contribution in [0, 0.1) is 20.8 Å². The second kappa shape index (κ2) is 6.68. The average Bonchev–Trinajstić information content (AvgIpc) is 2.81. The van der Waals surface area contributed by atoms with Crippen molar-refractivity contribution in [3.8, 4) is 0 Å². The van der Waals surface area contributed by atoms with Crippen LogP contribution in [0.25, 0.3) is 0 Å². The van der Waals surface area contributed by atoms with Gasteiger partial charge in [-0.05, 0) is 26.3 Å². The molecule has 0 aromatic carbocycles. The lowest BCUT2D eigenvalue weighted by Crippen LogP contribution is -2.32. The minimum atomic E-state index is -0.314. The van der Waals surface area contributed by atoms with Crippen LogP contribution in [-0.4, -0.2) is 22.3 Å². The second-order valence-electron chi connectivity index (χ2n) is 5.79. The number of pyridine rings is 1. The van der Waals surface area contributed by atoms with E-state index in [9.17, 15) is 9.59 Å². The summed E-state index contributed by atoms with van der Waals surface area (Å²) in [4.78, 5) is 23.6. The number of rotatable bonds is 4. The van der Waals surface area contributed by atoms with Gasteiger partial charge in [-0.2, -0.15) is 0 Å². The van der Waals surface area contributed by atoms with Crippen molar-refractivity contribution in [1.82, 2.24) is 15.0 Å². The molecule has 0 saturated carbocycles. The highest BCUT2D eigenvalue weighted by molar-refractivity contribution is 5.89. The summed E-state index contributed by atoms with van der Waals surface area (Å²) < 4.78 is 6.57. The molecule has 2 N–H and O–H groups in total. The van der Waals surface area contributed by atoms with Gasteiger partial charge in [-0.25, -0.2) is 4.79 Å². The van der Waals surface area contributed by atoms with Crippen molar-refractivity contribution >= 4 is 11.7 Å². The highest BCUT2D eigenvalue weighted by Crippen LogP contribution is 2.22. The number of urea groups is 1. The molecule has 7 nitrogen and oxygen atoms in total. The molecule has 0 aliphatic carbocycles. The standard InChI is InChI=1S/C16H22N4O3/c1-9-6-14(21)20(5)8-13(9)18-16(22)17-7-10(2)15-11(3)19-23-12(15)4/h6,8,10H,7H2,1-5H3,(H2,17,18,22). The Morgan fingerprint density at radius 1 is 1.39 bits per heavy atom. The number of nitrogens with zero attached hydrogens (tertiary/aromatic N) is 2. The van der Waals surface area contributed by atoms with Crippen LogP contribution in [0.2, 0.25) is 0 Å². The fraction of sp³-hybridized carbons (Fsp3) is 0.438. The van der Waals surface area contributed by atoms with E-state index < -0.39 is 0 Å². The smallest absolute Gasteiger partial charge is 0.319 e. The van der Waals surface area contributed by atoms with Crippen molar-refractivity contribution in [2.24, 2.45) is 7.05 Å². The number of hydrogen-bond acceptors (Lipinski definition) is 4. The third-order valence-corrected chi connectivity index (χ3v) is 3.83. The van der Waals surface area contributed by atoms with Crippen molar-refractivity contribution in [3.05, 3.63) is 45.2 Å². The molecule has 2 amide bonds. The van der Waals surface area contributed by atoms with Gasteiger partial charge >= 0.3 is 6.03 Å². The maximum Gasteiger partial charge on any atom is 0.319 e. The molecular formula is C16H22N4O3. The second-order valence-corrected chi connectivity index (χ2v) is 5.79. The van der Waals surface area contributed by atoms with Gasteiger partial charge in [-0.15, -0.1) is 0 Å². The van der Waals surface area contributed by atoms with E-state index in [0.29, 0.717) is 12.2 Å². The van der Waals surface area contributed by atoms with E-state index >= 15 is 0 Å². The molecule has 0 radical (unpaired) electrons. The van der Waals surface area contributed by atoms with Crippen molar-refractivity contribution in [2.75, 3.05) is 11.9 Å².